The van der Waals surface area contributed by atoms with Gasteiger partial charge in [0.2, 0.25) is 0 Å². The van der Waals surface area contributed by atoms with E-state index in [9.17, 15) is 33.0 Å². The van der Waals surface area contributed by atoms with E-state index in [1.807, 2.05) is 41.4 Å². The molecule has 79 heavy (non-hydrogen) atoms. The Morgan fingerprint density at radius 3 is 2.28 bits per heavy atom. The van der Waals surface area contributed by atoms with Gasteiger partial charge in [0, 0.05) is 54.1 Å². The molecule has 12 nitrogen and oxygen atoms in total. The third-order valence-corrected chi connectivity index (χ3v) is 16.9. The number of aromatic nitrogens is 2. The number of hydrogen-bond donors (Lipinski definition) is 3. The van der Waals surface area contributed by atoms with E-state index in [1.54, 1.807) is 48.1 Å². The Kier molecular flexibility index (Phi) is 21.4. The average molecular weight is 1230 g/mol. The number of alkyl halides is 3. The minimum absolute atomic E-state index is 0. The first kappa shape index (κ1) is 61.6. The number of nitrogens with two attached hydrogens (primary N) is 1. The monoisotopic (exact) mass is 1230 g/mol. The minimum atomic E-state index is -4.55. The van der Waals surface area contributed by atoms with Crippen LogP contribution in [0.2, 0.25) is 0 Å². The number of thioether (sulfide) groups is 1. The normalized spacial score (nSPS) is 16.9. The molecule has 0 fully saturated rings. The number of nitrogens with zero attached hydrogens (tertiary/aromatic N) is 5. The van der Waals surface area contributed by atoms with Gasteiger partial charge < -0.3 is 48.0 Å². The number of hydrogen-bond acceptors (Lipinski definition) is 9. The number of aliphatic carboxylic acids is 1. The fourth-order valence-electron chi connectivity index (χ4n) is 9.17. The Morgan fingerprint density at radius 1 is 1.00 bits per heavy atom. The molecule has 0 saturated heterocycles. The maximum Gasteiger partial charge on any atom is 4.00 e. The van der Waals surface area contributed by atoms with Gasteiger partial charge in [0.25, 0.3) is 0 Å². The molecule has 2 aliphatic heterocycles. The van der Waals surface area contributed by atoms with Gasteiger partial charge in [0.15, 0.2) is 0 Å². The Hall–Kier alpha value is -6.63. The molecule has 3 aliphatic rings. The molecule has 0 bridgehead atoms. The summed E-state index contributed by atoms with van der Waals surface area (Å²) in [6.07, 6.45) is 12.6. The zero-order valence-electron chi connectivity index (χ0n) is 43.4. The number of aromatic carboxylic acids is 1. The van der Waals surface area contributed by atoms with Gasteiger partial charge in [0.1, 0.15) is 6.04 Å². The molecule has 4 aromatic heterocycles. The fraction of sp³-hybridized carbons (Fsp3) is 0.254. The van der Waals surface area contributed by atoms with E-state index in [4.69, 9.17) is 22.6 Å². The standard InChI is InChI=1S/C40H34N4O4S2.C18H22F3N3S.CNS.Ru/c1-4-23(38(45)46)17-30(41)31-19-25(39(47)48)20-33(43-31)32-18-24(15-16-42-32)34-21-28-36(49-34)37-29(40(28,2)3)22-35(50-37)44(26-11-7-5-8-12-26)27-13-9-6-10-14-27;1-2-3-4-5-6-12-7-8-25-17(12)13-9-15(24-11-13)14(22)10-16(23)18(19,20)21;2-1-3;/h4-21,32,35,41H,22H2,1-3H3,(H,45,46)(H,47,48);7-11,16,22H,2-6,23H2,1H3;;/q2*-2;-1;+4/b23-4+,30-17-;14-10-;;. The van der Waals surface area contributed by atoms with E-state index in [2.05, 4.69) is 114 Å². The van der Waals surface area contributed by atoms with Crippen molar-refractivity contribution in [1.29, 1.82) is 0 Å². The molecule has 0 radical (unpaired) electrons. The Bertz CT molecular complexity index is 3320. The van der Waals surface area contributed by atoms with E-state index in [0.29, 0.717) is 11.8 Å². The van der Waals surface area contributed by atoms with Gasteiger partial charge in [-0.15, -0.1) is 28.4 Å². The van der Waals surface area contributed by atoms with Gasteiger partial charge in [-0.2, -0.15) is 42.1 Å². The van der Waals surface area contributed by atoms with Crippen LogP contribution in [0.4, 0.5) is 24.5 Å². The number of aryl methyl sites for hydroxylation is 1. The third-order valence-electron chi connectivity index (χ3n) is 13.2. The van der Waals surface area contributed by atoms with Gasteiger partial charge in [-0.05, 0) is 102 Å². The number of allylic oxidation sites excluding steroid dienone is 3. The average Bonchev–Trinajstić information content (AvgIpc) is 4.49. The molecule has 6 N–H and O–H groups in total. The molecule has 1 aliphatic carbocycles. The van der Waals surface area contributed by atoms with Gasteiger partial charge >= 0.3 is 37.6 Å². The molecule has 6 aromatic rings. The number of anilines is 2. The molecule has 0 spiro atoms. The van der Waals surface area contributed by atoms with E-state index < -0.39 is 30.2 Å². The van der Waals surface area contributed by atoms with Crippen LogP contribution < -0.4 is 15.6 Å². The molecular weight excluding hydrogens is 1170 g/mol. The summed E-state index contributed by atoms with van der Waals surface area (Å²) in [7, 11) is 0. The SMILES string of the molecule is C/C=C(\C=C(/[NH-])c1cc(C(=O)O)cc(C2C=C(c3cc4c(s3)C3=C(CC(N(c5ccccc5)c5ccccc5)S3)C4(C)C)C=C[N-]2)n1)C(=O)O.CCCCCCc1ccsc1-c1c[n-]c(/C([NH-])=C/C(N)C(F)(F)F)c1.[N-]=C=S.[Ru+4]. The maximum absolute atomic E-state index is 12.5. The number of carboxylic acid groups (broad SMARTS) is 2. The molecule has 20 heteroatoms. The van der Waals surface area contributed by atoms with Crippen LogP contribution in [0, 0.1) is 0 Å². The summed E-state index contributed by atoms with van der Waals surface area (Å²) in [6, 6.07) is 27.1. The van der Waals surface area contributed by atoms with Gasteiger partial charge in [-0.25, -0.2) is 9.59 Å². The quantitative estimate of drug-likeness (QED) is 0.0196. The van der Waals surface area contributed by atoms with Crippen molar-refractivity contribution in [3.05, 3.63) is 216 Å². The second-order valence-electron chi connectivity index (χ2n) is 18.8. The number of carboxylic acids is 2. The summed E-state index contributed by atoms with van der Waals surface area (Å²) >= 11 is 8.98. The van der Waals surface area contributed by atoms with Crippen LogP contribution >= 0.6 is 46.7 Å². The van der Waals surface area contributed by atoms with Crippen molar-refractivity contribution in [3.63, 3.8) is 0 Å². The molecule has 0 amide bonds. The zero-order valence-corrected chi connectivity index (χ0v) is 48.4. The van der Waals surface area contributed by atoms with Crippen molar-refractivity contribution >= 4 is 97.0 Å². The number of isothiocyanates is 1. The largest absolute Gasteiger partial charge is 4.00 e. The fourth-order valence-corrected chi connectivity index (χ4v) is 13.2. The first-order valence-corrected chi connectivity index (χ1v) is 27.9. The van der Waals surface area contributed by atoms with Crippen LogP contribution in [0.1, 0.15) is 114 Å². The maximum atomic E-state index is 12.5. The molecule has 410 valence electrons. The number of thiophene rings is 2. The predicted molar refractivity (Wildman–Crippen MR) is 317 cm³/mol. The molecular formula is C59H56F3N8O4RuS4-. The van der Waals surface area contributed by atoms with Crippen molar-refractivity contribution in [2.24, 2.45) is 5.73 Å². The second kappa shape index (κ2) is 27.5. The molecule has 6 heterocycles. The zero-order chi connectivity index (χ0) is 56.3. The summed E-state index contributed by atoms with van der Waals surface area (Å²) in [4.78, 5) is 39.5. The molecule has 3 atom stereocenters. The number of rotatable bonds is 17. The number of benzene rings is 2. The van der Waals surface area contributed by atoms with Crippen molar-refractivity contribution in [2.45, 2.75) is 95.3 Å². The number of carbonyl (C=O) groups is 2. The first-order chi connectivity index (χ1) is 37.3. The summed E-state index contributed by atoms with van der Waals surface area (Å²) < 4.78 is 37.5. The summed E-state index contributed by atoms with van der Waals surface area (Å²) in [5, 5.41) is 34.6. The van der Waals surface area contributed by atoms with Gasteiger partial charge in [-0.1, -0.05) is 143 Å². The van der Waals surface area contributed by atoms with Crippen LogP contribution in [0.15, 0.2) is 150 Å². The van der Waals surface area contributed by atoms with Crippen LogP contribution in [-0.4, -0.2) is 49.9 Å². The number of fused-ring (bicyclic) bond motifs is 2. The third kappa shape index (κ3) is 14.8. The van der Waals surface area contributed by atoms with Crippen LogP contribution in [0.5, 0.6) is 0 Å². The number of thiocarbonyl (C=S) groups is 1. The van der Waals surface area contributed by atoms with E-state index >= 15 is 0 Å². The smallest absolute Gasteiger partial charge is 0.753 e. The van der Waals surface area contributed by atoms with Gasteiger partial charge in [0.05, 0.1) is 16.5 Å². The number of unbranched alkanes of at least 4 members (excludes halogenated alkanes) is 3. The number of nitrogens with one attached hydrogen (secondary N) is 2. The summed E-state index contributed by atoms with van der Waals surface area (Å²) in [5.41, 5.74) is 29.3. The number of halogens is 3. The van der Waals surface area contributed by atoms with Crippen LogP contribution in [-0.2, 0) is 36.1 Å². The van der Waals surface area contributed by atoms with Crippen molar-refractivity contribution in [1.82, 2.24) is 9.97 Å². The topological polar surface area (TPSA) is 215 Å². The molecule has 3 unspecified atom stereocenters. The predicted octanol–water partition coefficient (Wildman–Crippen LogP) is 17.0. The Balaban J connectivity index is 0.000000293. The van der Waals surface area contributed by atoms with Gasteiger partial charge in [-0.3, -0.25) is 4.98 Å². The van der Waals surface area contributed by atoms with E-state index in [-0.39, 0.29) is 64.2 Å². The minimum Gasteiger partial charge on any atom is -0.753 e. The second-order valence-corrected chi connectivity index (χ2v) is 22.1. The number of pyridine rings is 1. The van der Waals surface area contributed by atoms with Crippen LogP contribution in [0.25, 0.3) is 54.5 Å². The summed E-state index contributed by atoms with van der Waals surface area (Å²) in [5.74, 6) is -2.36. The Labute approximate surface area is 488 Å². The van der Waals surface area contributed by atoms with E-state index in [0.717, 1.165) is 51.5 Å². The van der Waals surface area contributed by atoms with E-state index in [1.165, 1.54) is 75.2 Å². The van der Waals surface area contributed by atoms with Crippen molar-refractivity contribution in [3.8, 4) is 10.4 Å². The molecule has 9 rings (SSSR count). The number of para-hydroxylation sites is 2. The van der Waals surface area contributed by atoms with Crippen molar-refractivity contribution < 1.29 is 52.5 Å². The van der Waals surface area contributed by atoms with Crippen LogP contribution in [0.3, 0.4) is 0 Å². The molecule has 0 saturated carbocycles. The Morgan fingerprint density at radius 2 is 1.67 bits per heavy atom. The first-order valence-electron chi connectivity index (χ1n) is 24.9. The molecule has 2 aromatic carbocycles. The summed E-state index contributed by atoms with van der Waals surface area (Å²) in [6.45, 7) is 8.35. The van der Waals surface area contributed by atoms with Crippen molar-refractivity contribution in [2.75, 3.05) is 4.90 Å².